The Bertz CT molecular complexity index is 511. The highest BCUT2D eigenvalue weighted by Gasteiger charge is 2.39. The number of carbonyl (C=O) groups excluding carboxylic acids is 1. The first-order chi connectivity index (χ1) is 10.2. The molecule has 3 rings (SSSR count). The predicted molar refractivity (Wildman–Crippen MR) is 81.9 cm³/mol. The number of piperidine rings is 1. The molecule has 1 unspecified atom stereocenters. The second-order valence-corrected chi connectivity index (χ2v) is 6.48. The number of aromatic nitrogens is 1. The van der Waals surface area contributed by atoms with Crippen molar-refractivity contribution in [1.82, 2.24) is 20.5 Å². The van der Waals surface area contributed by atoms with E-state index in [4.69, 9.17) is 0 Å². The van der Waals surface area contributed by atoms with Crippen molar-refractivity contribution >= 4 is 6.03 Å². The van der Waals surface area contributed by atoms with Gasteiger partial charge in [-0.2, -0.15) is 0 Å². The monoisotopic (exact) mass is 288 g/mol. The smallest absolute Gasteiger partial charge is 0.317 e. The molecule has 0 aliphatic carbocycles. The van der Waals surface area contributed by atoms with Crippen molar-refractivity contribution in [2.45, 2.75) is 32.7 Å². The molecule has 3 heterocycles. The quantitative estimate of drug-likeness (QED) is 0.870. The number of likely N-dealkylation sites (tertiary alicyclic amines) is 1. The first kappa shape index (κ1) is 14.3. The Morgan fingerprint density at radius 1 is 1.48 bits per heavy atom. The molecule has 1 spiro atoms. The lowest BCUT2D eigenvalue weighted by molar-refractivity contribution is 0.118. The summed E-state index contributed by atoms with van der Waals surface area (Å²) < 4.78 is 0. The van der Waals surface area contributed by atoms with E-state index in [-0.39, 0.29) is 6.03 Å². The van der Waals surface area contributed by atoms with Crippen molar-refractivity contribution in [2.75, 3.05) is 26.2 Å². The molecular weight excluding hydrogens is 264 g/mol. The largest absolute Gasteiger partial charge is 0.334 e. The lowest BCUT2D eigenvalue weighted by atomic mass is 9.79. The van der Waals surface area contributed by atoms with E-state index in [1.54, 1.807) is 0 Å². The van der Waals surface area contributed by atoms with Crippen LogP contribution < -0.4 is 10.6 Å². The Hall–Kier alpha value is -1.62. The van der Waals surface area contributed by atoms with E-state index in [2.05, 4.69) is 21.7 Å². The van der Waals surface area contributed by atoms with Gasteiger partial charge in [0.05, 0.1) is 0 Å². The van der Waals surface area contributed by atoms with E-state index in [0.29, 0.717) is 12.0 Å². The maximum atomic E-state index is 12.4. The number of amides is 2. The Balaban J connectivity index is 1.55. The number of aryl methyl sites for hydroxylation is 1. The third kappa shape index (κ3) is 3.35. The van der Waals surface area contributed by atoms with Gasteiger partial charge >= 0.3 is 6.03 Å². The van der Waals surface area contributed by atoms with Crippen LogP contribution in [0.3, 0.4) is 0 Å². The standard InChI is InChI=1S/C16H24N4O/c1-13-7-14(9-18-8-13)10-19-15(21)20-6-2-3-16(12-20)4-5-17-11-16/h7-9,17H,2-6,10-12H2,1H3,(H,19,21). The molecule has 0 bridgehead atoms. The Morgan fingerprint density at radius 2 is 2.38 bits per heavy atom. The average molecular weight is 288 g/mol. The molecule has 0 aromatic carbocycles. The van der Waals surface area contributed by atoms with E-state index in [1.165, 1.54) is 12.8 Å². The maximum absolute atomic E-state index is 12.4. The van der Waals surface area contributed by atoms with E-state index in [1.807, 2.05) is 24.2 Å². The molecule has 2 amide bonds. The van der Waals surface area contributed by atoms with Gasteiger partial charge in [-0.25, -0.2) is 4.79 Å². The van der Waals surface area contributed by atoms with Crippen LogP contribution in [0, 0.1) is 12.3 Å². The summed E-state index contributed by atoms with van der Waals surface area (Å²) in [6.45, 7) is 6.47. The van der Waals surface area contributed by atoms with Gasteiger partial charge in [-0.1, -0.05) is 6.07 Å². The summed E-state index contributed by atoms with van der Waals surface area (Å²) in [4.78, 5) is 18.5. The fraction of sp³-hybridized carbons (Fsp3) is 0.625. The van der Waals surface area contributed by atoms with Crippen molar-refractivity contribution in [2.24, 2.45) is 5.41 Å². The van der Waals surface area contributed by atoms with Crippen LogP contribution in [0.4, 0.5) is 4.79 Å². The molecule has 2 aliphatic heterocycles. The van der Waals surface area contributed by atoms with Crippen molar-refractivity contribution in [3.8, 4) is 0 Å². The normalized spacial score (nSPS) is 25.3. The van der Waals surface area contributed by atoms with Crippen molar-refractivity contribution in [3.05, 3.63) is 29.6 Å². The summed E-state index contributed by atoms with van der Waals surface area (Å²) in [5, 5.41) is 6.47. The third-order valence-electron chi connectivity index (χ3n) is 4.66. The number of pyridine rings is 1. The molecule has 2 fully saturated rings. The lowest BCUT2D eigenvalue weighted by Crippen LogP contribution is -2.50. The fourth-order valence-corrected chi connectivity index (χ4v) is 3.53. The SMILES string of the molecule is Cc1cncc(CNC(=O)N2CCCC3(CCNC3)C2)c1. The summed E-state index contributed by atoms with van der Waals surface area (Å²) in [6.07, 6.45) is 7.18. The van der Waals surface area contributed by atoms with Gasteiger partial charge in [-0.3, -0.25) is 4.98 Å². The molecule has 5 nitrogen and oxygen atoms in total. The minimum Gasteiger partial charge on any atom is -0.334 e. The highest BCUT2D eigenvalue weighted by atomic mass is 16.2. The summed E-state index contributed by atoms with van der Waals surface area (Å²) in [5.41, 5.74) is 2.49. The Kier molecular flexibility index (Phi) is 4.10. The third-order valence-corrected chi connectivity index (χ3v) is 4.66. The summed E-state index contributed by atoms with van der Waals surface area (Å²) >= 11 is 0. The number of urea groups is 1. The molecular formula is C16H24N4O. The lowest BCUT2D eigenvalue weighted by Gasteiger charge is -2.39. The fourth-order valence-electron chi connectivity index (χ4n) is 3.53. The number of nitrogens with one attached hydrogen (secondary N) is 2. The number of hydrogen-bond acceptors (Lipinski definition) is 3. The highest BCUT2D eigenvalue weighted by Crippen LogP contribution is 2.35. The van der Waals surface area contributed by atoms with E-state index >= 15 is 0 Å². The molecule has 114 valence electrons. The van der Waals surface area contributed by atoms with Gasteiger partial charge in [0, 0.05) is 44.0 Å². The van der Waals surface area contributed by atoms with Crippen LogP contribution in [0.5, 0.6) is 0 Å². The molecule has 21 heavy (non-hydrogen) atoms. The van der Waals surface area contributed by atoms with Gasteiger partial charge in [0.1, 0.15) is 0 Å². The van der Waals surface area contributed by atoms with Gasteiger partial charge in [-0.05, 0) is 43.9 Å². The summed E-state index contributed by atoms with van der Waals surface area (Å²) in [5.74, 6) is 0. The highest BCUT2D eigenvalue weighted by molar-refractivity contribution is 5.74. The zero-order chi connectivity index (χ0) is 14.7. The first-order valence-corrected chi connectivity index (χ1v) is 7.81. The summed E-state index contributed by atoms with van der Waals surface area (Å²) in [6, 6.07) is 2.12. The van der Waals surface area contributed by atoms with Crippen molar-refractivity contribution in [1.29, 1.82) is 0 Å². The van der Waals surface area contributed by atoms with Crippen molar-refractivity contribution < 1.29 is 4.79 Å². The van der Waals surface area contributed by atoms with Crippen LogP contribution >= 0.6 is 0 Å². The topological polar surface area (TPSA) is 57.3 Å². The maximum Gasteiger partial charge on any atom is 0.317 e. The molecule has 2 saturated heterocycles. The first-order valence-electron chi connectivity index (χ1n) is 7.81. The van der Waals surface area contributed by atoms with Crippen LogP contribution in [0.15, 0.2) is 18.5 Å². The van der Waals surface area contributed by atoms with Gasteiger partial charge in [0.25, 0.3) is 0 Å². The van der Waals surface area contributed by atoms with E-state index < -0.39 is 0 Å². The Labute approximate surface area is 126 Å². The minimum atomic E-state index is 0.0579. The number of hydrogen-bond donors (Lipinski definition) is 2. The number of rotatable bonds is 2. The van der Waals surface area contributed by atoms with Gasteiger partial charge in [0.2, 0.25) is 0 Å². The average Bonchev–Trinajstić information content (AvgIpc) is 2.93. The van der Waals surface area contributed by atoms with Crippen LogP contribution in [-0.2, 0) is 6.54 Å². The predicted octanol–water partition coefficient (Wildman–Crippen LogP) is 1.68. The van der Waals surface area contributed by atoms with Crippen LogP contribution in [0.1, 0.15) is 30.4 Å². The molecule has 0 radical (unpaired) electrons. The van der Waals surface area contributed by atoms with Crippen LogP contribution in [-0.4, -0.2) is 42.1 Å². The van der Waals surface area contributed by atoms with E-state index in [0.717, 1.165) is 43.7 Å². The zero-order valence-corrected chi connectivity index (χ0v) is 12.7. The second kappa shape index (κ2) is 6.02. The van der Waals surface area contributed by atoms with E-state index in [9.17, 15) is 4.79 Å². The van der Waals surface area contributed by atoms with Gasteiger partial charge in [0.15, 0.2) is 0 Å². The molecule has 1 atom stereocenters. The van der Waals surface area contributed by atoms with Gasteiger partial charge in [-0.15, -0.1) is 0 Å². The number of nitrogens with zero attached hydrogens (tertiary/aromatic N) is 2. The summed E-state index contributed by atoms with van der Waals surface area (Å²) in [7, 11) is 0. The molecule has 1 aromatic heterocycles. The molecule has 0 saturated carbocycles. The number of carbonyl (C=O) groups is 1. The minimum absolute atomic E-state index is 0.0579. The zero-order valence-electron chi connectivity index (χ0n) is 12.7. The molecule has 5 heteroatoms. The van der Waals surface area contributed by atoms with Crippen molar-refractivity contribution in [3.63, 3.8) is 0 Å². The van der Waals surface area contributed by atoms with Gasteiger partial charge < -0.3 is 15.5 Å². The van der Waals surface area contributed by atoms with Crippen LogP contribution in [0.2, 0.25) is 0 Å². The molecule has 2 aliphatic rings. The Morgan fingerprint density at radius 3 is 3.14 bits per heavy atom. The molecule has 2 N–H and O–H groups in total. The van der Waals surface area contributed by atoms with Crippen LogP contribution in [0.25, 0.3) is 0 Å². The molecule has 1 aromatic rings. The second-order valence-electron chi connectivity index (χ2n) is 6.48.